The molecular formula is C34H42F3N9O7. The van der Waals surface area contributed by atoms with Crippen LogP contribution in [0.3, 0.4) is 0 Å². The monoisotopic (exact) mass is 745 g/mol. The molecule has 3 fully saturated rings. The summed E-state index contributed by atoms with van der Waals surface area (Å²) in [5.41, 5.74) is -0.941. The summed E-state index contributed by atoms with van der Waals surface area (Å²) in [6.45, 7) is 5.39. The van der Waals surface area contributed by atoms with Crippen LogP contribution >= 0.6 is 0 Å². The fourth-order valence-electron chi connectivity index (χ4n) is 7.15. The molecular weight excluding hydrogens is 703 g/mol. The molecule has 1 spiro atoms. The van der Waals surface area contributed by atoms with Crippen molar-refractivity contribution in [1.82, 2.24) is 24.7 Å². The molecule has 16 nitrogen and oxygen atoms in total. The van der Waals surface area contributed by atoms with Crippen molar-refractivity contribution in [2.24, 2.45) is 0 Å². The minimum atomic E-state index is -5.22. The topological polar surface area (TPSA) is 180 Å². The summed E-state index contributed by atoms with van der Waals surface area (Å²) in [4.78, 5) is 93.7. The van der Waals surface area contributed by atoms with Gasteiger partial charge in [-0.1, -0.05) is 31.4 Å². The van der Waals surface area contributed by atoms with Gasteiger partial charge < -0.3 is 25.1 Å². The Morgan fingerprint density at radius 1 is 0.981 bits per heavy atom. The first-order valence-corrected chi connectivity index (χ1v) is 17.3. The number of likely N-dealkylation sites (N-methyl/N-ethyl adjacent to an activating group) is 2. The van der Waals surface area contributed by atoms with E-state index in [2.05, 4.69) is 15.3 Å². The van der Waals surface area contributed by atoms with Gasteiger partial charge in [0.25, 0.3) is 11.8 Å². The number of imide groups is 2. The van der Waals surface area contributed by atoms with Crippen molar-refractivity contribution in [3.8, 4) is 0 Å². The van der Waals surface area contributed by atoms with Crippen LogP contribution in [0.1, 0.15) is 58.4 Å². The zero-order valence-corrected chi connectivity index (χ0v) is 30.0. The minimum Gasteiger partial charge on any atom is -0.480 e. The number of nitrogens with one attached hydrogen (secondary N) is 1. The second-order valence-corrected chi connectivity index (χ2v) is 13.1. The number of amides is 7. The molecule has 286 valence electrons. The van der Waals surface area contributed by atoms with Crippen LogP contribution in [0.25, 0.3) is 0 Å². The molecule has 2 N–H and O–H groups in total. The maximum Gasteiger partial charge on any atom is 0.471 e. The number of urea groups is 2. The van der Waals surface area contributed by atoms with Gasteiger partial charge in [0.05, 0.1) is 11.9 Å². The molecule has 7 amide bonds. The first-order chi connectivity index (χ1) is 25.0. The second kappa shape index (κ2) is 14.9. The van der Waals surface area contributed by atoms with Crippen molar-refractivity contribution in [2.45, 2.75) is 83.2 Å². The van der Waals surface area contributed by atoms with Gasteiger partial charge in [-0.25, -0.2) is 29.2 Å². The van der Waals surface area contributed by atoms with Gasteiger partial charge in [-0.15, -0.1) is 0 Å². The number of benzene rings is 1. The van der Waals surface area contributed by atoms with Crippen molar-refractivity contribution >= 4 is 58.9 Å². The van der Waals surface area contributed by atoms with E-state index in [0.29, 0.717) is 36.4 Å². The number of rotatable bonds is 12. The molecule has 1 aliphatic carbocycles. The molecule has 1 unspecified atom stereocenters. The molecule has 2 atom stereocenters. The van der Waals surface area contributed by atoms with E-state index in [0.717, 1.165) is 40.2 Å². The van der Waals surface area contributed by atoms with E-state index in [-0.39, 0.29) is 29.6 Å². The molecule has 5 rings (SSSR count). The summed E-state index contributed by atoms with van der Waals surface area (Å²) in [5.74, 6) is -5.10. The number of carbonyl (C=O) groups is 6. The first kappa shape index (κ1) is 38.7. The third-order valence-corrected chi connectivity index (χ3v) is 10.1. The third-order valence-electron chi connectivity index (χ3n) is 10.1. The number of nitrogens with zero attached hydrogens (tertiary/aromatic N) is 8. The van der Waals surface area contributed by atoms with Gasteiger partial charge in [0.1, 0.15) is 17.3 Å². The van der Waals surface area contributed by atoms with Crippen molar-refractivity contribution in [2.75, 3.05) is 53.7 Å². The zero-order chi connectivity index (χ0) is 39.0. The van der Waals surface area contributed by atoms with E-state index < -0.39 is 66.2 Å². The summed E-state index contributed by atoms with van der Waals surface area (Å²) in [6.07, 6.45) is -2.60. The van der Waals surface area contributed by atoms with Crippen molar-refractivity contribution < 1.29 is 47.0 Å². The van der Waals surface area contributed by atoms with Crippen LogP contribution in [-0.2, 0) is 25.6 Å². The van der Waals surface area contributed by atoms with Gasteiger partial charge in [-0.05, 0) is 51.3 Å². The number of aromatic nitrogens is 2. The lowest BCUT2D eigenvalue weighted by atomic mass is 9.80. The number of anilines is 4. The van der Waals surface area contributed by atoms with Crippen LogP contribution in [0, 0.1) is 0 Å². The lowest BCUT2D eigenvalue weighted by Crippen LogP contribution is -2.53. The molecule has 2 aliphatic heterocycles. The molecule has 19 heteroatoms. The Hall–Kier alpha value is -5.49. The quantitative estimate of drug-likeness (QED) is 0.303. The molecule has 3 aliphatic rings. The number of hydrogen-bond acceptors (Lipinski definition) is 10. The number of halogens is 3. The Morgan fingerprint density at radius 3 is 2.15 bits per heavy atom. The molecule has 0 radical (unpaired) electrons. The SMILES string of the molecule is CCN(CC)c1ncc(N(CC)C(=O)C(F)(F)F)c(NC(Cc2ccc(N3C(=O)[C@H](N4C(=O)N(C)C5(CCCCC5)C4=O)N(C)C3=O)cc2)C(=O)O)n1. The number of carboxylic acids is 1. The van der Waals surface area contributed by atoms with Crippen LogP contribution < -0.4 is 20.0 Å². The molecule has 2 saturated heterocycles. The maximum absolute atomic E-state index is 13.8. The molecule has 3 heterocycles. The van der Waals surface area contributed by atoms with Crippen LogP contribution in [0.5, 0.6) is 0 Å². The zero-order valence-electron chi connectivity index (χ0n) is 30.0. The van der Waals surface area contributed by atoms with E-state index in [4.69, 9.17) is 0 Å². The molecule has 0 bridgehead atoms. The second-order valence-electron chi connectivity index (χ2n) is 13.1. The number of aliphatic carboxylic acids is 1. The molecule has 1 saturated carbocycles. The van der Waals surface area contributed by atoms with Gasteiger partial charge in [-0.2, -0.15) is 18.2 Å². The van der Waals surface area contributed by atoms with Crippen LogP contribution in [0.4, 0.5) is 45.9 Å². The first-order valence-electron chi connectivity index (χ1n) is 17.3. The summed E-state index contributed by atoms with van der Waals surface area (Å²) in [7, 11) is 2.85. The lowest BCUT2D eigenvalue weighted by Gasteiger charge is -2.36. The standard InChI is InChI=1S/C34H42F3N9O7/c1-6-43(7-2)30-38-19-23(44(8-3)29(51)34(35,36)37)24(40-30)39-22(27(48)49)18-20-12-14-21(15-13-20)45-26(47)25(41(4)31(45)52)46-28(50)33(42(5)32(46)53)16-10-9-11-17-33/h12-15,19,22,25H,6-11,16-18H2,1-5H3,(H,48,49)(H,38,39,40)/t22?,25-/m0/s1. The smallest absolute Gasteiger partial charge is 0.471 e. The van der Waals surface area contributed by atoms with Gasteiger partial charge in [0.15, 0.2) is 12.0 Å². The molecule has 1 aromatic carbocycles. The number of carboxylic acid groups (broad SMARTS) is 1. The van der Waals surface area contributed by atoms with E-state index in [9.17, 15) is 47.0 Å². The maximum atomic E-state index is 13.8. The van der Waals surface area contributed by atoms with Crippen LogP contribution in [0.15, 0.2) is 30.5 Å². The highest BCUT2D eigenvalue weighted by atomic mass is 19.4. The molecule has 1 aromatic heterocycles. The average Bonchev–Trinajstić information content (AvgIpc) is 3.44. The number of hydrogen-bond donors (Lipinski definition) is 2. The number of carbonyl (C=O) groups excluding carboxylic acids is 5. The van der Waals surface area contributed by atoms with Crippen molar-refractivity contribution in [1.29, 1.82) is 0 Å². The van der Waals surface area contributed by atoms with E-state index in [1.807, 2.05) is 0 Å². The average molecular weight is 746 g/mol. The van der Waals surface area contributed by atoms with Gasteiger partial charge >= 0.3 is 30.1 Å². The van der Waals surface area contributed by atoms with Crippen molar-refractivity contribution in [3.05, 3.63) is 36.0 Å². The summed E-state index contributed by atoms with van der Waals surface area (Å²) in [6, 6.07) is 2.81. The van der Waals surface area contributed by atoms with Crippen LogP contribution in [0.2, 0.25) is 0 Å². The summed E-state index contributed by atoms with van der Waals surface area (Å²) in [5, 5.41) is 12.8. The van der Waals surface area contributed by atoms with E-state index in [1.54, 1.807) is 18.7 Å². The minimum absolute atomic E-state index is 0.101. The predicted molar refractivity (Wildman–Crippen MR) is 185 cm³/mol. The van der Waals surface area contributed by atoms with E-state index >= 15 is 0 Å². The molecule has 2 aromatic rings. The largest absolute Gasteiger partial charge is 0.480 e. The fraction of sp³-hybridized carbons (Fsp3) is 0.529. The van der Waals surface area contributed by atoms with Gasteiger partial charge in [0.2, 0.25) is 5.95 Å². The summed E-state index contributed by atoms with van der Waals surface area (Å²) >= 11 is 0. The van der Waals surface area contributed by atoms with E-state index in [1.165, 1.54) is 50.2 Å². The van der Waals surface area contributed by atoms with Crippen molar-refractivity contribution in [3.63, 3.8) is 0 Å². The summed E-state index contributed by atoms with van der Waals surface area (Å²) < 4.78 is 40.5. The Bertz CT molecular complexity index is 1780. The van der Waals surface area contributed by atoms with Gasteiger partial charge in [-0.3, -0.25) is 19.3 Å². The lowest BCUT2D eigenvalue weighted by molar-refractivity contribution is -0.170. The predicted octanol–water partition coefficient (Wildman–Crippen LogP) is 3.67. The van der Waals surface area contributed by atoms with Gasteiger partial charge in [0, 0.05) is 40.2 Å². The highest BCUT2D eigenvalue weighted by Gasteiger charge is 2.62. The highest BCUT2D eigenvalue weighted by molar-refractivity contribution is 6.23. The Balaban J connectivity index is 1.39. The molecule has 53 heavy (non-hydrogen) atoms. The Kier molecular flexibility index (Phi) is 10.9. The fourth-order valence-corrected chi connectivity index (χ4v) is 7.15. The number of alkyl halides is 3. The third kappa shape index (κ3) is 6.91. The Labute approximate surface area is 303 Å². The Morgan fingerprint density at radius 2 is 1.60 bits per heavy atom. The van der Waals surface area contributed by atoms with Crippen LogP contribution in [-0.4, -0.2) is 123 Å². The highest BCUT2D eigenvalue weighted by Crippen LogP contribution is 2.42. The normalized spacial score (nSPS) is 19.4.